The van der Waals surface area contributed by atoms with Crippen molar-refractivity contribution in [2.24, 2.45) is 10.8 Å². The van der Waals surface area contributed by atoms with E-state index >= 15 is 0 Å². The molecule has 170 valence electrons. The highest BCUT2D eigenvalue weighted by Crippen LogP contribution is 2.23. The van der Waals surface area contributed by atoms with Crippen LogP contribution in [0.5, 0.6) is 0 Å². The maximum Gasteiger partial charge on any atom is 0.331 e. The third-order valence-electron chi connectivity index (χ3n) is 4.20. The summed E-state index contributed by atoms with van der Waals surface area (Å²) in [7, 11) is 3.31. The number of hydrogen-bond acceptors (Lipinski definition) is 4. The normalized spacial score (nSPS) is 14.2. The van der Waals surface area contributed by atoms with E-state index in [1.54, 1.807) is 14.1 Å². The maximum atomic E-state index is 12.9. The van der Waals surface area contributed by atoms with Crippen LogP contribution < -0.4 is 10.6 Å². The highest BCUT2D eigenvalue weighted by atomic mass is 16.4. The topological polar surface area (TPSA) is 98.7 Å². The molecule has 0 saturated carbocycles. The Kier molecular flexibility index (Phi) is 12.8. The van der Waals surface area contributed by atoms with Crippen LogP contribution in [-0.4, -0.2) is 60.5 Å². The van der Waals surface area contributed by atoms with E-state index in [1.807, 2.05) is 41.5 Å². The summed E-state index contributed by atoms with van der Waals surface area (Å²) in [6.07, 6.45) is 2.73. The van der Waals surface area contributed by atoms with Gasteiger partial charge in [0.25, 0.3) is 0 Å². The third-order valence-corrected chi connectivity index (χ3v) is 4.20. The first-order chi connectivity index (χ1) is 13.0. The summed E-state index contributed by atoms with van der Waals surface area (Å²) in [6, 6.07) is -1.17. The minimum absolute atomic E-state index is 0.161. The molecule has 0 aliphatic rings. The first-order valence-electron chi connectivity index (χ1n) is 10.2. The minimum Gasteiger partial charge on any atom is -0.478 e. The predicted molar refractivity (Wildman–Crippen MR) is 119 cm³/mol. The van der Waals surface area contributed by atoms with Gasteiger partial charge in [-0.3, -0.25) is 9.59 Å². The number of nitrogens with one attached hydrogen (secondary N) is 2. The summed E-state index contributed by atoms with van der Waals surface area (Å²) in [5.74, 6) is -1.52. The first kappa shape index (κ1) is 29.3. The quantitative estimate of drug-likeness (QED) is 0.557. The first-order valence-corrected chi connectivity index (χ1v) is 10.2. The van der Waals surface area contributed by atoms with Gasteiger partial charge in [0.1, 0.15) is 6.04 Å². The average molecular weight is 414 g/mol. The molecule has 0 saturated heterocycles. The second-order valence-electron chi connectivity index (χ2n) is 9.51. The molecule has 0 radical (unpaired) electrons. The van der Waals surface area contributed by atoms with Crippen LogP contribution in [0.15, 0.2) is 11.6 Å². The molecule has 0 aromatic rings. The molecule has 0 aromatic carbocycles. The number of carbonyl (C=O) groups is 3. The van der Waals surface area contributed by atoms with Crippen LogP contribution in [0.4, 0.5) is 0 Å². The molecule has 3 N–H and O–H groups in total. The molecule has 0 spiro atoms. The highest BCUT2D eigenvalue weighted by Gasteiger charge is 2.38. The lowest BCUT2D eigenvalue weighted by atomic mass is 9.83. The largest absolute Gasteiger partial charge is 0.478 e. The number of carboxylic acids is 1. The lowest BCUT2D eigenvalue weighted by Crippen LogP contribution is -2.59. The summed E-state index contributed by atoms with van der Waals surface area (Å²) in [6.45, 7) is 17.4. The SMILES string of the molecule is CCC.CNC(C(=O)NC(C(=O)N(C)C/C=C(\C)C(=O)O)C(C)(C)C)C(C)(C)C. The van der Waals surface area contributed by atoms with Crippen LogP contribution in [0.1, 0.15) is 68.7 Å². The molecule has 2 atom stereocenters. The van der Waals surface area contributed by atoms with Crippen LogP contribution in [0.25, 0.3) is 0 Å². The molecule has 0 aliphatic heterocycles. The Morgan fingerprint density at radius 3 is 1.72 bits per heavy atom. The zero-order valence-electron chi connectivity index (χ0n) is 20.3. The van der Waals surface area contributed by atoms with E-state index in [-0.39, 0.29) is 29.3 Å². The highest BCUT2D eigenvalue weighted by molar-refractivity contribution is 5.91. The van der Waals surface area contributed by atoms with Gasteiger partial charge in [-0.05, 0) is 24.8 Å². The Labute approximate surface area is 177 Å². The van der Waals surface area contributed by atoms with Gasteiger partial charge in [0, 0.05) is 19.2 Å². The van der Waals surface area contributed by atoms with E-state index < -0.39 is 23.5 Å². The van der Waals surface area contributed by atoms with E-state index in [4.69, 9.17) is 5.11 Å². The van der Waals surface area contributed by atoms with Gasteiger partial charge in [-0.1, -0.05) is 67.9 Å². The van der Waals surface area contributed by atoms with Crippen molar-refractivity contribution in [3.63, 3.8) is 0 Å². The van der Waals surface area contributed by atoms with Gasteiger partial charge in [-0.25, -0.2) is 4.79 Å². The van der Waals surface area contributed by atoms with Gasteiger partial charge in [-0.15, -0.1) is 0 Å². The van der Waals surface area contributed by atoms with Gasteiger partial charge < -0.3 is 20.6 Å². The number of aliphatic carboxylic acids is 1. The van der Waals surface area contributed by atoms with Gasteiger partial charge in [-0.2, -0.15) is 0 Å². The monoisotopic (exact) mass is 413 g/mol. The van der Waals surface area contributed by atoms with E-state index in [2.05, 4.69) is 24.5 Å². The Morgan fingerprint density at radius 2 is 1.41 bits per heavy atom. The Morgan fingerprint density at radius 1 is 1.00 bits per heavy atom. The summed E-state index contributed by atoms with van der Waals surface area (Å²) >= 11 is 0. The lowest BCUT2D eigenvalue weighted by Gasteiger charge is -2.36. The Bertz CT molecular complexity index is 572. The Hall–Kier alpha value is -1.89. The van der Waals surface area contributed by atoms with E-state index in [0.717, 1.165) is 0 Å². The Balaban J connectivity index is 0. The molecule has 29 heavy (non-hydrogen) atoms. The van der Waals surface area contributed by atoms with Gasteiger partial charge >= 0.3 is 5.97 Å². The molecule has 2 unspecified atom stereocenters. The number of nitrogens with zero attached hydrogens (tertiary/aromatic N) is 1. The average Bonchev–Trinajstić information content (AvgIpc) is 2.55. The van der Waals surface area contributed by atoms with E-state index in [1.165, 1.54) is 24.3 Å². The molecule has 7 nitrogen and oxygen atoms in total. The van der Waals surface area contributed by atoms with Crippen molar-refractivity contribution in [3.05, 3.63) is 11.6 Å². The molecule has 0 bridgehead atoms. The van der Waals surface area contributed by atoms with Crippen molar-refractivity contribution in [1.82, 2.24) is 15.5 Å². The van der Waals surface area contributed by atoms with Gasteiger partial charge in [0.2, 0.25) is 11.8 Å². The van der Waals surface area contributed by atoms with Crippen LogP contribution in [0.2, 0.25) is 0 Å². The molecular formula is C22H43N3O4. The zero-order chi connectivity index (χ0) is 23.6. The van der Waals surface area contributed by atoms with Crippen molar-refractivity contribution in [2.75, 3.05) is 20.6 Å². The van der Waals surface area contributed by atoms with Crippen LogP contribution >= 0.6 is 0 Å². The van der Waals surface area contributed by atoms with Crippen molar-refractivity contribution < 1.29 is 19.5 Å². The minimum atomic E-state index is -1.02. The fraction of sp³-hybridized carbons (Fsp3) is 0.773. The third kappa shape index (κ3) is 11.0. The van der Waals surface area contributed by atoms with Crippen molar-refractivity contribution in [3.8, 4) is 0 Å². The van der Waals surface area contributed by atoms with Crippen molar-refractivity contribution in [2.45, 2.75) is 80.8 Å². The molecule has 2 amide bonds. The molecule has 0 aliphatic carbocycles. The molecule has 7 heteroatoms. The van der Waals surface area contributed by atoms with Gasteiger partial charge in [0.05, 0.1) is 6.04 Å². The van der Waals surface area contributed by atoms with Crippen molar-refractivity contribution in [1.29, 1.82) is 0 Å². The molecule has 0 rings (SSSR count). The fourth-order valence-electron chi connectivity index (χ4n) is 2.50. The lowest BCUT2D eigenvalue weighted by molar-refractivity contribution is -0.139. The second kappa shape index (κ2) is 12.6. The number of hydrogen-bond donors (Lipinski definition) is 3. The van der Waals surface area contributed by atoms with Crippen molar-refractivity contribution >= 4 is 17.8 Å². The van der Waals surface area contributed by atoms with E-state index in [0.29, 0.717) is 0 Å². The summed E-state index contributed by atoms with van der Waals surface area (Å²) in [4.78, 5) is 37.9. The van der Waals surface area contributed by atoms with Crippen LogP contribution in [0.3, 0.4) is 0 Å². The number of rotatable bonds is 7. The maximum absolute atomic E-state index is 12.9. The predicted octanol–water partition coefficient (Wildman–Crippen LogP) is 3.06. The van der Waals surface area contributed by atoms with E-state index in [9.17, 15) is 14.4 Å². The second-order valence-corrected chi connectivity index (χ2v) is 9.51. The summed E-state index contributed by atoms with van der Waals surface area (Å²) in [5, 5.41) is 14.8. The standard InChI is InChI=1S/C19H35N3O4.C3H8/c1-12(17(25)26)10-11-22(9)16(24)14(19(5,6)7)21-15(23)13(20-8)18(2,3)4;1-3-2/h10,13-14,20H,11H2,1-9H3,(H,21,23)(H,25,26);3H2,1-2H3/b12-10+;. The molecule has 0 heterocycles. The molecule has 0 aromatic heterocycles. The van der Waals surface area contributed by atoms with Gasteiger partial charge in [0.15, 0.2) is 0 Å². The summed E-state index contributed by atoms with van der Waals surface area (Å²) < 4.78 is 0. The number of likely N-dealkylation sites (N-methyl/N-ethyl adjacent to an activating group) is 2. The number of carboxylic acid groups (broad SMARTS) is 1. The molecule has 0 fully saturated rings. The van der Waals surface area contributed by atoms with Crippen LogP contribution in [0, 0.1) is 10.8 Å². The smallest absolute Gasteiger partial charge is 0.331 e. The fourth-order valence-corrected chi connectivity index (χ4v) is 2.50. The summed E-state index contributed by atoms with van der Waals surface area (Å²) in [5.41, 5.74) is -0.635. The zero-order valence-corrected chi connectivity index (χ0v) is 20.3. The van der Waals surface area contributed by atoms with Crippen LogP contribution in [-0.2, 0) is 14.4 Å². The number of amides is 2. The molecular weight excluding hydrogens is 370 g/mol. The number of carbonyl (C=O) groups excluding carboxylic acids is 2.